The Kier molecular flexibility index (Phi) is 4.02. The van der Waals surface area contributed by atoms with Gasteiger partial charge in [-0.2, -0.15) is 0 Å². The number of amides is 1. The van der Waals surface area contributed by atoms with Crippen LogP contribution in [-0.4, -0.2) is 11.7 Å². The molecule has 0 bridgehead atoms. The van der Waals surface area contributed by atoms with Gasteiger partial charge in [0.1, 0.15) is 17.3 Å². The van der Waals surface area contributed by atoms with Crippen molar-refractivity contribution in [1.29, 1.82) is 0 Å². The third-order valence-corrected chi connectivity index (χ3v) is 3.57. The van der Waals surface area contributed by atoms with Gasteiger partial charge in [-0.3, -0.25) is 4.79 Å². The maximum absolute atomic E-state index is 12.9. The Bertz CT molecular complexity index is 782. The van der Waals surface area contributed by atoms with Crippen molar-refractivity contribution in [3.8, 4) is 0 Å². The van der Waals surface area contributed by atoms with Gasteiger partial charge in [0.2, 0.25) is 0 Å². The normalized spacial score (nSPS) is 15.8. The minimum Gasteiger partial charge on any atom is -0.308 e. The second-order valence-corrected chi connectivity index (χ2v) is 5.27. The quantitative estimate of drug-likeness (QED) is 0.864. The predicted octanol–water partition coefficient (Wildman–Crippen LogP) is 3.59. The molecule has 110 valence electrons. The number of carbonyl (C=O) groups is 1. The number of nitrogens with zero attached hydrogens (tertiary/aromatic N) is 1. The number of nitrogens with one attached hydrogen (secondary N) is 1. The highest BCUT2D eigenvalue weighted by atomic mass is 35.5. The summed E-state index contributed by atoms with van der Waals surface area (Å²) in [5.74, 6) is -0.0209. The first-order valence-corrected chi connectivity index (χ1v) is 7.09. The SMILES string of the molecule is O=C1NC(Cc2ccc(F)cc2)=N/C1=C\c1ccccc1Cl. The van der Waals surface area contributed by atoms with E-state index in [-0.39, 0.29) is 11.7 Å². The van der Waals surface area contributed by atoms with E-state index in [1.54, 1.807) is 24.3 Å². The summed E-state index contributed by atoms with van der Waals surface area (Å²) in [6.45, 7) is 0. The summed E-state index contributed by atoms with van der Waals surface area (Å²) in [6, 6.07) is 13.3. The molecule has 2 aromatic carbocycles. The van der Waals surface area contributed by atoms with E-state index in [2.05, 4.69) is 10.3 Å². The molecule has 1 amide bonds. The predicted molar refractivity (Wildman–Crippen MR) is 85.1 cm³/mol. The third-order valence-electron chi connectivity index (χ3n) is 3.23. The molecule has 0 unspecified atom stereocenters. The lowest BCUT2D eigenvalue weighted by Crippen LogP contribution is -2.25. The zero-order chi connectivity index (χ0) is 15.5. The monoisotopic (exact) mass is 314 g/mol. The molecule has 3 rings (SSSR count). The van der Waals surface area contributed by atoms with Crippen molar-refractivity contribution in [3.63, 3.8) is 0 Å². The Balaban J connectivity index is 1.82. The average Bonchev–Trinajstić information content (AvgIpc) is 2.84. The highest BCUT2D eigenvalue weighted by molar-refractivity contribution is 6.32. The molecule has 0 aliphatic carbocycles. The second kappa shape index (κ2) is 6.12. The number of amidine groups is 1. The molecule has 0 atom stereocenters. The van der Waals surface area contributed by atoms with Crippen molar-refractivity contribution in [3.05, 3.63) is 76.2 Å². The molecule has 0 saturated heterocycles. The summed E-state index contributed by atoms with van der Waals surface area (Å²) in [6.07, 6.45) is 2.08. The molecule has 2 aromatic rings. The fourth-order valence-corrected chi connectivity index (χ4v) is 2.33. The summed E-state index contributed by atoms with van der Waals surface area (Å²) in [4.78, 5) is 16.2. The lowest BCUT2D eigenvalue weighted by atomic mass is 10.1. The van der Waals surface area contributed by atoms with Gasteiger partial charge >= 0.3 is 0 Å². The van der Waals surface area contributed by atoms with Crippen LogP contribution in [0.5, 0.6) is 0 Å². The average molecular weight is 315 g/mol. The maximum atomic E-state index is 12.9. The van der Waals surface area contributed by atoms with Crippen molar-refractivity contribution >= 4 is 29.4 Å². The van der Waals surface area contributed by atoms with Gasteiger partial charge in [0.15, 0.2) is 0 Å². The zero-order valence-electron chi connectivity index (χ0n) is 11.5. The van der Waals surface area contributed by atoms with Crippen molar-refractivity contribution in [2.45, 2.75) is 6.42 Å². The molecule has 1 aliphatic heterocycles. The van der Waals surface area contributed by atoms with Gasteiger partial charge in [-0.05, 0) is 35.4 Å². The van der Waals surface area contributed by atoms with Crippen LogP contribution in [0.3, 0.4) is 0 Å². The van der Waals surface area contributed by atoms with E-state index >= 15 is 0 Å². The van der Waals surface area contributed by atoms with Crippen LogP contribution in [0.25, 0.3) is 6.08 Å². The molecule has 0 radical (unpaired) electrons. The van der Waals surface area contributed by atoms with Crippen LogP contribution in [0.4, 0.5) is 4.39 Å². The number of hydrogen-bond acceptors (Lipinski definition) is 2. The fraction of sp³-hybridized carbons (Fsp3) is 0.0588. The van der Waals surface area contributed by atoms with Crippen molar-refractivity contribution < 1.29 is 9.18 Å². The highest BCUT2D eigenvalue weighted by Gasteiger charge is 2.20. The highest BCUT2D eigenvalue weighted by Crippen LogP contribution is 2.20. The summed E-state index contributed by atoms with van der Waals surface area (Å²) in [5, 5.41) is 3.27. The standard InChI is InChI=1S/C17H12ClFN2O/c18-14-4-2-1-3-12(14)10-15-17(22)21-16(20-15)9-11-5-7-13(19)8-6-11/h1-8,10H,9H2,(H,20,21,22)/b15-10-. The van der Waals surface area contributed by atoms with E-state index in [0.717, 1.165) is 11.1 Å². The summed E-state index contributed by atoms with van der Waals surface area (Å²) < 4.78 is 12.9. The molecule has 0 aromatic heterocycles. The third kappa shape index (κ3) is 3.23. The van der Waals surface area contributed by atoms with Gasteiger partial charge in [-0.25, -0.2) is 9.38 Å². The van der Waals surface area contributed by atoms with Crippen LogP contribution in [0, 0.1) is 5.82 Å². The van der Waals surface area contributed by atoms with Crippen LogP contribution in [0.1, 0.15) is 11.1 Å². The minimum atomic E-state index is -0.291. The molecule has 1 N–H and O–H groups in total. The second-order valence-electron chi connectivity index (χ2n) is 4.87. The Morgan fingerprint density at radius 1 is 1.14 bits per heavy atom. The van der Waals surface area contributed by atoms with Crippen LogP contribution in [-0.2, 0) is 11.2 Å². The van der Waals surface area contributed by atoms with Gasteiger partial charge in [0.05, 0.1) is 0 Å². The number of hydrogen-bond donors (Lipinski definition) is 1. The summed E-state index contributed by atoms with van der Waals surface area (Å²) in [5.41, 5.74) is 1.92. The molecular weight excluding hydrogens is 303 g/mol. The Hall–Kier alpha value is -2.46. The maximum Gasteiger partial charge on any atom is 0.275 e. The smallest absolute Gasteiger partial charge is 0.275 e. The molecule has 0 saturated carbocycles. The largest absolute Gasteiger partial charge is 0.308 e. The lowest BCUT2D eigenvalue weighted by Gasteiger charge is -2.00. The van der Waals surface area contributed by atoms with E-state index in [1.165, 1.54) is 12.1 Å². The lowest BCUT2D eigenvalue weighted by molar-refractivity contribution is -0.115. The van der Waals surface area contributed by atoms with E-state index in [4.69, 9.17) is 11.6 Å². The number of halogens is 2. The van der Waals surface area contributed by atoms with Gasteiger partial charge < -0.3 is 5.32 Å². The van der Waals surface area contributed by atoms with Gasteiger partial charge in [0.25, 0.3) is 5.91 Å². The Labute approximate surface area is 132 Å². The van der Waals surface area contributed by atoms with Crippen LogP contribution >= 0.6 is 11.6 Å². The first-order chi connectivity index (χ1) is 10.6. The molecule has 1 aliphatic rings. The zero-order valence-corrected chi connectivity index (χ0v) is 12.3. The van der Waals surface area contributed by atoms with Crippen LogP contribution < -0.4 is 5.32 Å². The minimum absolute atomic E-state index is 0.267. The first-order valence-electron chi connectivity index (χ1n) is 6.71. The Morgan fingerprint density at radius 3 is 2.59 bits per heavy atom. The van der Waals surface area contributed by atoms with Crippen molar-refractivity contribution in [2.24, 2.45) is 4.99 Å². The summed E-state index contributed by atoms with van der Waals surface area (Å²) in [7, 11) is 0. The summed E-state index contributed by atoms with van der Waals surface area (Å²) >= 11 is 6.07. The topological polar surface area (TPSA) is 41.5 Å². The van der Waals surface area contributed by atoms with Gasteiger partial charge in [0, 0.05) is 11.4 Å². The van der Waals surface area contributed by atoms with E-state index in [0.29, 0.717) is 23.0 Å². The Morgan fingerprint density at radius 2 is 1.86 bits per heavy atom. The van der Waals surface area contributed by atoms with Crippen molar-refractivity contribution in [2.75, 3.05) is 0 Å². The first kappa shape index (κ1) is 14.5. The van der Waals surface area contributed by atoms with Crippen molar-refractivity contribution in [1.82, 2.24) is 5.32 Å². The molecule has 22 heavy (non-hydrogen) atoms. The molecule has 0 fully saturated rings. The molecule has 5 heteroatoms. The van der Waals surface area contributed by atoms with Crippen LogP contribution in [0.15, 0.2) is 59.2 Å². The number of rotatable bonds is 3. The number of benzene rings is 2. The van der Waals surface area contributed by atoms with E-state index in [1.807, 2.05) is 18.2 Å². The van der Waals surface area contributed by atoms with E-state index in [9.17, 15) is 9.18 Å². The van der Waals surface area contributed by atoms with Gasteiger partial charge in [-0.15, -0.1) is 0 Å². The fourth-order valence-electron chi connectivity index (χ4n) is 2.14. The van der Waals surface area contributed by atoms with Gasteiger partial charge in [-0.1, -0.05) is 41.9 Å². The molecule has 0 spiro atoms. The molecule has 1 heterocycles. The molecule has 3 nitrogen and oxygen atoms in total. The van der Waals surface area contributed by atoms with E-state index < -0.39 is 0 Å². The molecular formula is C17H12ClFN2O. The number of carbonyl (C=O) groups excluding carboxylic acids is 1. The van der Waals surface area contributed by atoms with Crippen LogP contribution in [0.2, 0.25) is 5.02 Å². The number of aliphatic imine (C=N–C) groups is 1.